The molecule has 3 heterocycles. The summed E-state index contributed by atoms with van der Waals surface area (Å²) in [6, 6.07) is 4.22. The summed E-state index contributed by atoms with van der Waals surface area (Å²) in [6.07, 6.45) is 7.07. The molecule has 0 bridgehead atoms. The number of fused-ring (bicyclic) bond motifs is 3. The SMILES string of the molecule is CSc1nc(C)c(CCC(=O)N2CC3(CCCC3)c3cc4c(cc3C2C)OCCO4)c(=O)[nH]1. The number of aromatic amines is 1. The van der Waals surface area contributed by atoms with Gasteiger partial charge in [-0.1, -0.05) is 24.6 Å². The number of thioether (sulfide) groups is 1. The highest BCUT2D eigenvalue weighted by Gasteiger charge is 2.46. The fraction of sp³-hybridized carbons (Fsp3) is 0.560. The van der Waals surface area contributed by atoms with E-state index < -0.39 is 0 Å². The number of rotatable bonds is 4. The Kier molecular flexibility index (Phi) is 5.89. The van der Waals surface area contributed by atoms with Crippen LogP contribution in [0.1, 0.15) is 67.5 Å². The molecule has 1 unspecified atom stereocenters. The number of carbonyl (C=O) groups is 1. The van der Waals surface area contributed by atoms with E-state index in [4.69, 9.17) is 9.47 Å². The number of hydrogen-bond donors (Lipinski definition) is 1. The summed E-state index contributed by atoms with van der Waals surface area (Å²) in [7, 11) is 0. The van der Waals surface area contributed by atoms with Gasteiger partial charge in [0.05, 0.1) is 6.04 Å². The zero-order chi connectivity index (χ0) is 23.2. The largest absolute Gasteiger partial charge is 0.486 e. The van der Waals surface area contributed by atoms with E-state index in [9.17, 15) is 9.59 Å². The average molecular weight is 470 g/mol. The number of amides is 1. The third-order valence-corrected chi connectivity index (χ3v) is 8.12. The topological polar surface area (TPSA) is 84.5 Å². The number of nitrogens with zero attached hydrogens (tertiary/aromatic N) is 2. The lowest BCUT2D eigenvalue weighted by Gasteiger charge is -2.46. The van der Waals surface area contributed by atoms with Crippen molar-refractivity contribution in [1.82, 2.24) is 14.9 Å². The monoisotopic (exact) mass is 469 g/mol. The minimum absolute atomic E-state index is 0.0255. The summed E-state index contributed by atoms with van der Waals surface area (Å²) in [5.41, 5.74) is 3.62. The number of benzene rings is 1. The van der Waals surface area contributed by atoms with Gasteiger partial charge in [0.15, 0.2) is 16.7 Å². The Morgan fingerprint density at radius 1 is 1.24 bits per heavy atom. The van der Waals surface area contributed by atoms with Gasteiger partial charge in [-0.2, -0.15) is 0 Å². The van der Waals surface area contributed by atoms with Gasteiger partial charge in [-0.3, -0.25) is 9.59 Å². The highest BCUT2D eigenvalue weighted by atomic mass is 32.2. The Balaban J connectivity index is 1.43. The molecular weight excluding hydrogens is 438 g/mol. The number of aromatic nitrogens is 2. The highest BCUT2D eigenvalue weighted by Crippen LogP contribution is 2.52. The van der Waals surface area contributed by atoms with Crippen LogP contribution in [0, 0.1) is 6.92 Å². The predicted octanol–water partition coefficient (Wildman–Crippen LogP) is 3.92. The molecule has 3 aliphatic rings. The molecule has 1 N–H and O–H groups in total. The summed E-state index contributed by atoms with van der Waals surface area (Å²) in [4.78, 5) is 35.3. The Bertz CT molecular complexity index is 1140. The maximum absolute atomic E-state index is 13.5. The second-order valence-electron chi connectivity index (χ2n) is 9.41. The molecule has 8 heteroatoms. The van der Waals surface area contributed by atoms with Gasteiger partial charge in [-0.15, -0.1) is 0 Å². The first-order chi connectivity index (χ1) is 15.9. The molecule has 1 fully saturated rings. The minimum atomic E-state index is -0.146. The second-order valence-corrected chi connectivity index (χ2v) is 10.2. The van der Waals surface area contributed by atoms with E-state index in [1.54, 1.807) is 0 Å². The van der Waals surface area contributed by atoms with E-state index in [1.165, 1.54) is 35.7 Å². The maximum atomic E-state index is 13.5. The van der Waals surface area contributed by atoms with Crippen LogP contribution in [0.15, 0.2) is 22.1 Å². The summed E-state index contributed by atoms with van der Waals surface area (Å²) < 4.78 is 11.7. The molecule has 2 aliphatic heterocycles. The highest BCUT2D eigenvalue weighted by molar-refractivity contribution is 7.98. The fourth-order valence-electron chi connectivity index (χ4n) is 5.76. The van der Waals surface area contributed by atoms with E-state index in [-0.39, 0.29) is 22.9 Å². The quantitative estimate of drug-likeness (QED) is 0.540. The second kappa shape index (κ2) is 8.70. The smallest absolute Gasteiger partial charge is 0.254 e. The lowest BCUT2D eigenvalue weighted by molar-refractivity contribution is -0.135. The van der Waals surface area contributed by atoms with Crippen LogP contribution in [-0.4, -0.2) is 46.8 Å². The van der Waals surface area contributed by atoms with Crippen LogP contribution in [0.5, 0.6) is 11.5 Å². The molecule has 1 aromatic carbocycles. The van der Waals surface area contributed by atoms with Gasteiger partial charge in [0.25, 0.3) is 5.56 Å². The number of ether oxygens (including phenoxy) is 2. The number of aryl methyl sites for hydroxylation is 1. The van der Waals surface area contributed by atoms with Crippen molar-refractivity contribution in [2.45, 2.75) is 69.0 Å². The molecule has 7 nitrogen and oxygen atoms in total. The molecule has 0 radical (unpaired) electrons. The zero-order valence-electron chi connectivity index (χ0n) is 19.5. The third-order valence-electron chi connectivity index (χ3n) is 7.54. The molecule has 1 spiro atoms. The Hall–Kier alpha value is -2.48. The molecule has 33 heavy (non-hydrogen) atoms. The van der Waals surface area contributed by atoms with Gasteiger partial charge in [0.2, 0.25) is 5.91 Å². The molecule has 0 saturated heterocycles. The van der Waals surface area contributed by atoms with Crippen LogP contribution in [0.4, 0.5) is 0 Å². The van der Waals surface area contributed by atoms with Crippen molar-refractivity contribution < 1.29 is 14.3 Å². The molecular formula is C25H31N3O4S. The standard InChI is InChI=1S/C25H31N3O4S/c1-15-17(23(30)27-24(26-15)33-3)6-7-22(29)28-14-25(8-4-5-9-25)19-13-21-20(31-10-11-32-21)12-18(19)16(28)2/h12-13,16H,4-11,14H2,1-3H3,(H,26,27,30). The van der Waals surface area contributed by atoms with Crippen molar-refractivity contribution in [2.75, 3.05) is 26.0 Å². The Morgan fingerprint density at radius 2 is 1.94 bits per heavy atom. The third kappa shape index (κ3) is 3.92. The normalized spacial score (nSPS) is 20.7. The number of nitrogens with one attached hydrogen (secondary N) is 1. The van der Waals surface area contributed by atoms with Gasteiger partial charge >= 0.3 is 0 Å². The maximum Gasteiger partial charge on any atom is 0.254 e. The molecule has 1 aromatic heterocycles. The van der Waals surface area contributed by atoms with Gasteiger partial charge in [-0.25, -0.2) is 4.98 Å². The summed E-state index contributed by atoms with van der Waals surface area (Å²) in [5.74, 6) is 1.69. The molecule has 1 atom stereocenters. The van der Waals surface area contributed by atoms with Crippen molar-refractivity contribution in [1.29, 1.82) is 0 Å². The minimum Gasteiger partial charge on any atom is -0.486 e. The van der Waals surface area contributed by atoms with E-state index in [0.717, 1.165) is 30.9 Å². The summed E-state index contributed by atoms with van der Waals surface area (Å²) >= 11 is 1.41. The lowest BCUT2D eigenvalue weighted by Crippen LogP contribution is -2.48. The van der Waals surface area contributed by atoms with Crippen LogP contribution in [0.2, 0.25) is 0 Å². The first kappa shape index (κ1) is 22.3. The van der Waals surface area contributed by atoms with Crippen molar-refractivity contribution in [3.05, 3.63) is 44.9 Å². The predicted molar refractivity (Wildman–Crippen MR) is 127 cm³/mol. The number of hydrogen-bond acceptors (Lipinski definition) is 6. The van der Waals surface area contributed by atoms with Gasteiger partial charge < -0.3 is 19.4 Å². The van der Waals surface area contributed by atoms with E-state index >= 15 is 0 Å². The molecule has 176 valence electrons. The van der Waals surface area contributed by atoms with Crippen LogP contribution >= 0.6 is 11.8 Å². The molecule has 5 rings (SSSR count). The van der Waals surface area contributed by atoms with E-state index in [0.29, 0.717) is 42.5 Å². The zero-order valence-corrected chi connectivity index (χ0v) is 20.3. The summed E-state index contributed by atoms with van der Waals surface area (Å²) in [6.45, 7) is 5.78. The van der Waals surface area contributed by atoms with Crippen LogP contribution < -0.4 is 15.0 Å². The van der Waals surface area contributed by atoms with Crippen molar-refractivity contribution in [2.24, 2.45) is 0 Å². The van der Waals surface area contributed by atoms with Gasteiger partial charge in [-0.05, 0) is 62.6 Å². The fourth-order valence-corrected chi connectivity index (χ4v) is 6.18. The van der Waals surface area contributed by atoms with E-state index in [1.807, 2.05) is 18.1 Å². The van der Waals surface area contributed by atoms with Crippen molar-refractivity contribution in [3.63, 3.8) is 0 Å². The van der Waals surface area contributed by atoms with Crippen LogP contribution in [0.25, 0.3) is 0 Å². The van der Waals surface area contributed by atoms with Crippen LogP contribution in [-0.2, 0) is 16.6 Å². The Morgan fingerprint density at radius 3 is 2.61 bits per heavy atom. The van der Waals surface area contributed by atoms with Gasteiger partial charge in [0, 0.05) is 29.6 Å². The van der Waals surface area contributed by atoms with Crippen molar-refractivity contribution in [3.8, 4) is 11.5 Å². The summed E-state index contributed by atoms with van der Waals surface area (Å²) in [5, 5.41) is 0.603. The first-order valence-corrected chi connectivity index (χ1v) is 13.0. The van der Waals surface area contributed by atoms with Crippen LogP contribution in [0.3, 0.4) is 0 Å². The number of H-pyrrole nitrogens is 1. The Labute approximate surface area is 198 Å². The molecule has 1 saturated carbocycles. The lowest BCUT2D eigenvalue weighted by atomic mass is 9.71. The molecule has 1 amide bonds. The average Bonchev–Trinajstić information content (AvgIpc) is 3.29. The van der Waals surface area contributed by atoms with Gasteiger partial charge in [0.1, 0.15) is 13.2 Å². The van der Waals surface area contributed by atoms with Crippen molar-refractivity contribution >= 4 is 17.7 Å². The number of carbonyl (C=O) groups excluding carboxylic acids is 1. The van der Waals surface area contributed by atoms with E-state index in [2.05, 4.69) is 29.0 Å². The molecule has 2 aromatic rings. The first-order valence-electron chi connectivity index (χ1n) is 11.8. The molecule has 1 aliphatic carbocycles.